The molecule has 0 saturated carbocycles. The minimum absolute atomic E-state index is 0.00921. The van der Waals surface area contributed by atoms with Crippen LogP contribution in [0.1, 0.15) is 93.3 Å². The number of amides is 2. The van der Waals surface area contributed by atoms with Gasteiger partial charge in [0.2, 0.25) is 0 Å². The first-order chi connectivity index (χ1) is 20.0. The molecule has 2 amide bonds. The molecule has 0 fully saturated rings. The van der Waals surface area contributed by atoms with Crippen LogP contribution < -0.4 is 5.32 Å². The first kappa shape index (κ1) is 35.7. The van der Waals surface area contributed by atoms with Crippen molar-refractivity contribution in [3.05, 3.63) is 51.5 Å². The summed E-state index contributed by atoms with van der Waals surface area (Å²) in [7, 11) is 3.01. The van der Waals surface area contributed by atoms with Crippen molar-refractivity contribution >= 4 is 35.3 Å². The maximum absolute atomic E-state index is 13.5. The van der Waals surface area contributed by atoms with Crippen LogP contribution in [0.3, 0.4) is 0 Å². The molecule has 2 aromatic rings. The number of nitrogens with zero attached hydrogens (tertiary/aromatic N) is 2. The molecule has 4 atom stereocenters. The number of benzene rings is 1. The number of aryl methyl sites for hydroxylation is 1. The molecule has 11 heteroatoms. The molecule has 1 N–H and O–H groups in total. The van der Waals surface area contributed by atoms with Gasteiger partial charge in [0.15, 0.2) is 6.10 Å². The van der Waals surface area contributed by atoms with Crippen molar-refractivity contribution < 1.29 is 33.4 Å². The van der Waals surface area contributed by atoms with E-state index in [1.54, 1.807) is 41.7 Å². The largest absolute Gasteiger partial charge is 0.469 e. The van der Waals surface area contributed by atoms with Crippen LogP contribution in [-0.4, -0.2) is 65.7 Å². The third-order valence-electron chi connectivity index (χ3n) is 6.92. The van der Waals surface area contributed by atoms with Gasteiger partial charge >= 0.3 is 18.0 Å². The van der Waals surface area contributed by atoms with Gasteiger partial charge in [-0.3, -0.25) is 14.4 Å². The molecule has 238 valence electrons. The van der Waals surface area contributed by atoms with Crippen molar-refractivity contribution in [3.8, 4) is 0 Å². The van der Waals surface area contributed by atoms with Crippen LogP contribution in [0.25, 0.3) is 0 Å². The molecule has 2 rings (SSSR count). The van der Waals surface area contributed by atoms with Gasteiger partial charge in [0, 0.05) is 37.4 Å². The van der Waals surface area contributed by atoms with Gasteiger partial charge in [-0.2, -0.15) is 0 Å². The number of nitrogens with one attached hydrogen (secondary N) is 1. The molecule has 1 aromatic heterocycles. The lowest BCUT2D eigenvalue weighted by Crippen LogP contribution is -2.44. The topological polar surface area (TPSA) is 124 Å². The van der Waals surface area contributed by atoms with Gasteiger partial charge in [-0.05, 0) is 52.0 Å². The fourth-order valence-corrected chi connectivity index (χ4v) is 5.76. The van der Waals surface area contributed by atoms with E-state index in [-0.39, 0.29) is 42.0 Å². The molecule has 1 heterocycles. The van der Waals surface area contributed by atoms with E-state index in [2.05, 4.69) is 10.3 Å². The minimum atomic E-state index is -0.778. The molecule has 0 aliphatic rings. The molecular weight excluding hydrogens is 570 g/mol. The standard InChI is InChI=1S/C32H47N3O7S/c1-19(2)25(35(9)31(39)42-32(6,7)8)18-26(41-22(5)36)29-34-27(21(4)43-29)28(37)33-24(16-20(3)30(38)40-10)17-23-14-12-11-13-15-23/h11-15,19-20,24-26H,16-18H2,1-10H3,(H,33,37)/t20-,24-,25-,26+/m0/s1. The summed E-state index contributed by atoms with van der Waals surface area (Å²) in [5.41, 5.74) is 0.580. The third kappa shape index (κ3) is 11.3. The molecule has 43 heavy (non-hydrogen) atoms. The quantitative estimate of drug-likeness (QED) is 0.218. The predicted octanol–water partition coefficient (Wildman–Crippen LogP) is 5.88. The number of carbonyl (C=O) groups is 4. The Labute approximate surface area is 259 Å². The summed E-state index contributed by atoms with van der Waals surface area (Å²) in [5, 5.41) is 3.52. The summed E-state index contributed by atoms with van der Waals surface area (Å²) in [6.07, 6.45) is -0.0817. The Morgan fingerprint density at radius 1 is 1.05 bits per heavy atom. The van der Waals surface area contributed by atoms with Crippen LogP contribution in [0.2, 0.25) is 0 Å². The smallest absolute Gasteiger partial charge is 0.410 e. The van der Waals surface area contributed by atoms with E-state index in [0.29, 0.717) is 22.7 Å². The summed E-state index contributed by atoms with van der Waals surface area (Å²) in [6, 6.07) is 9.02. The van der Waals surface area contributed by atoms with E-state index in [4.69, 9.17) is 14.2 Å². The van der Waals surface area contributed by atoms with Crippen LogP contribution in [0.15, 0.2) is 30.3 Å². The lowest BCUT2D eigenvalue weighted by Gasteiger charge is -2.34. The van der Waals surface area contributed by atoms with Gasteiger partial charge in [-0.1, -0.05) is 51.1 Å². The zero-order chi connectivity index (χ0) is 32.5. The molecule has 10 nitrogen and oxygen atoms in total. The van der Waals surface area contributed by atoms with Gasteiger partial charge in [0.05, 0.1) is 13.0 Å². The Morgan fingerprint density at radius 3 is 2.21 bits per heavy atom. The van der Waals surface area contributed by atoms with Crippen molar-refractivity contribution in [1.29, 1.82) is 0 Å². The first-order valence-electron chi connectivity index (χ1n) is 14.5. The number of esters is 2. The molecule has 1 aromatic carbocycles. The molecule has 0 radical (unpaired) electrons. The van der Waals surface area contributed by atoms with Crippen LogP contribution in [-0.2, 0) is 30.2 Å². The highest BCUT2D eigenvalue weighted by Crippen LogP contribution is 2.33. The monoisotopic (exact) mass is 617 g/mol. The highest BCUT2D eigenvalue weighted by Gasteiger charge is 2.33. The van der Waals surface area contributed by atoms with Gasteiger partial charge in [-0.15, -0.1) is 11.3 Å². The fraction of sp³-hybridized carbons (Fsp3) is 0.594. The number of carbonyl (C=O) groups excluding carboxylic acids is 4. The highest BCUT2D eigenvalue weighted by molar-refractivity contribution is 7.12. The summed E-state index contributed by atoms with van der Waals surface area (Å²) in [5.74, 6) is -1.64. The van der Waals surface area contributed by atoms with Crippen molar-refractivity contribution in [1.82, 2.24) is 15.2 Å². The predicted molar refractivity (Wildman–Crippen MR) is 166 cm³/mol. The molecule has 0 unspecified atom stereocenters. The Kier molecular flexibility index (Phi) is 13.2. The van der Waals surface area contributed by atoms with Gasteiger partial charge in [0.1, 0.15) is 16.3 Å². The molecule has 0 bridgehead atoms. The second-order valence-electron chi connectivity index (χ2n) is 12.2. The Bertz CT molecular complexity index is 1240. The molecule has 0 aliphatic carbocycles. The summed E-state index contributed by atoms with van der Waals surface area (Å²) >= 11 is 1.27. The first-order valence-corrected chi connectivity index (χ1v) is 15.4. The zero-order valence-corrected chi connectivity index (χ0v) is 27.9. The lowest BCUT2D eigenvalue weighted by molar-refractivity contribution is -0.148. The van der Waals surface area contributed by atoms with Crippen LogP contribution >= 0.6 is 11.3 Å². The molecule has 0 spiro atoms. The van der Waals surface area contributed by atoms with Crippen LogP contribution in [0, 0.1) is 18.8 Å². The minimum Gasteiger partial charge on any atom is -0.469 e. The lowest BCUT2D eigenvalue weighted by atomic mass is 9.96. The summed E-state index contributed by atoms with van der Waals surface area (Å²) in [6.45, 7) is 14.2. The van der Waals surface area contributed by atoms with E-state index < -0.39 is 29.7 Å². The van der Waals surface area contributed by atoms with E-state index in [1.807, 2.05) is 44.2 Å². The number of rotatable bonds is 13. The molecule has 0 aliphatic heterocycles. The second kappa shape index (κ2) is 15.8. The molecular formula is C32H47N3O7S. The Hall–Kier alpha value is -3.47. The third-order valence-corrected chi connectivity index (χ3v) is 7.98. The van der Waals surface area contributed by atoms with E-state index in [0.717, 1.165) is 5.56 Å². The number of aromatic nitrogens is 1. The SMILES string of the molecule is COC(=O)[C@@H](C)C[C@@H](Cc1ccccc1)NC(=O)c1nc([C@@H](C[C@@H](C(C)C)N(C)C(=O)OC(C)(C)C)OC(C)=O)sc1C. The zero-order valence-electron chi connectivity index (χ0n) is 27.1. The van der Waals surface area contributed by atoms with Gasteiger partial charge in [0.25, 0.3) is 5.91 Å². The number of thiazole rings is 1. The van der Waals surface area contributed by atoms with E-state index >= 15 is 0 Å². The summed E-state index contributed by atoms with van der Waals surface area (Å²) < 4.78 is 16.2. The summed E-state index contributed by atoms with van der Waals surface area (Å²) in [4.78, 5) is 57.5. The van der Waals surface area contributed by atoms with Crippen LogP contribution in [0.5, 0.6) is 0 Å². The van der Waals surface area contributed by atoms with E-state index in [9.17, 15) is 19.2 Å². The van der Waals surface area contributed by atoms with E-state index in [1.165, 1.54) is 30.3 Å². The van der Waals surface area contributed by atoms with Crippen molar-refractivity contribution in [2.24, 2.45) is 11.8 Å². The normalized spacial score (nSPS) is 14.3. The fourth-order valence-electron chi connectivity index (χ4n) is 4.80. The second-order valence-corrected chi connectivity index (χ2v) is 13.4. The van der Waals surface area contributed by atoms with Crippen molar-refractivity contribution in [3.63, 3.8) is 0 Å². The Morgan fingerprint density at radius 2 is 1.67 bits per heavy atom. The average Bonchev–Trinajstić information content (AvgIpc) is 3.30. The average molecular weight is 618 g/mol. The number of methoxy groups -OCH3 is 1. The number of hydrogen-bond donors (Lipinski definition) is 1. The number of hydrogen-bond acceptors (Lipinski definition) is 9. The maximum atomic E-state index is 13.5. The van der Waals surface area contributed by atoms with Crippen LogP contribution in [0.4, 0.5) is 4.79 Å². The highest BCUT2D eigenvalue weighted by atomic mass is 32.1. The Balaban J connectivity index is 2.33. The van der Waals surface area contributed by atoms with Gasteiger partial charge < -0.3 is 24.4 Å². The maximum Gasteiger partial charge on any atom is 0.410 e. The van der Waals surface area contributed by atoms with Crippen molar-refractivity contribution in [2.75, 3.05) is 14.2 Å². The van der Waals surface area contributed by atoms with Crippen molar-refractivity contribution in [2.45, 2.75) is 98.4 Å². The molecule has 0 saturated heterocycles. The number of ether oxygens (including phenoxy) is 3. The van der Waals surface area contributed by atoms with Gasteiger partial charge in [-0.25, -0.2) is 9.78 Å².